The van der Waals surface area contributed by atoms with Crippen LogP contribution >= 0.6 is 0 Å². The van der Waals surface area contributed by atoms with Crippen LogP contribution in [0.5, 0.6) is 0 Å². The summed E-state index contributed by atoms with van der Waals surface area (Å²) in [5.74, 6) is -1.64. The lowest BCUT2D eigenvalue weighted by Crippen LogP contribution is -2.54. The predicted octanol–water partition coefficient (Wildman–Crippen LogP) is 1.44. The van der Waals surface area contributed by atoms with Crippen molar-refractivity contribution in [3.05, 3.63) is 35.9 Å². The maximum absolute atomic E-state index is 12.5. The molecule has 3 amide bonds. The summed E-state index contributed by atoms with van der Waals surface area (Å²) < 4.78 is 0. The van der Waals surface area contributed by atoms with E-state index in [9.17, 15) is 14.4 Å². The Hall–Kier alpha value is -2.57. The topological polar surface area (TPSA) is 98.7 Å². The van der Waals surface area contributed by atoms with E-state index in [1.54, 1.807) is 20.8 Å². The molecule has 0 heterocycles. The molecule has 0 spiro atoms. The van der Waals surface area contributed by atoms with Crippen LogP contribution in [0.1, 0.15) is 26.3 Å². The maximum atomic E-state index is 12.5. The van der Waals surface area contributed by atoms with Crippen LogP contribution < -0.4 is 10.6 Å². The van der Waals surface area contributed by atoms with Gasteiger partial charge < -0.3 is 20.6 Å². The smallest absolute Gasteiger partial charge is 0.323 e. The molecule has 0 saturated heterocycles. The average Bonchev–Trinajstić information content (AvgIpc) is 2.55. The highest BCUT2D eigenvalue weighted by Crippen LogP contribution is 2.07. The molecule has 0 bridgehead atoms. The van der Waals surface area contributed by atoms with Crippen LogP contribution in [-0.4, -0.2) is 47.0 Å². The normalized spacial score (nSPS) is 11.7. The molecule has 0 aromatic heterocycles. The van der Waals surface area contributed by atoms with Crippen LogP contribution in [0.25, 0.3) is 0 Å². The van der Waals surface area contributed by atoms with Crippen molar-refractivity contribution in [2.24, 2.45) is 5.92 Å². The average molecular weight is 335 g/mol. The summed E-state index contributed by atoms with van der Waals surface area (Å²) in [5.41, 5.74) is 0.945. The maximum Gasteiger partial charge on any atom is 0.323 e. The van der Waals surface area contributed by atoms with E-state index in [4.69, 9.17) is 5.11 Å². The summed E-state index contributed by atoms with van der Waals surface area (Å²) in [4.78, 5) is 36.6. The molecular weight excluding hydrogens is 310 g/mol. The molecule has 1 rings (SSSR count). The van der Waals surface area contributed by atoms with Gasteiger partial charge in [-0.15, -0.1) is 0 Å². The minimum atomic E-state index is -1.08. The van der Waals surface area contributed by atoms with E-state index in [1.165, 1.54) is 4.90 Å². The molecule has 0 aliphatic heterocycles. The number of hydrogen-bond acceptors (Lipinski definition) is 3. The fraction of sp³-hybridized carbons (Fsp3) is 0.471. The van der Waals surface area contributed by atoms with Gasteiger partial charge in [-0.25, -0.2) is 4.79 Å². The highest BCUT2D eigenvalue weighted by atomic mass is 16.4. The molecular formula is C17H25N3O4. The number of carboxylic acids is 1. The van der Waals surface area contributed by atoms with Gasteiger partial charge in [-0.1, -0.05) is 44.2 Å². The van der Waals surface area contributed by atoms with Crippen LogP contribution in [0.15, 0.2) is 30.3 Å². The number of hydrogen-bond donors (Lipinski definition) is 3. The van der Waals surface area contributed by atoms with E-state index < -0.39 is 23.9 Å². The lowest BCUT2D eigenvalue weighted by atomic mass is 10.0. The second-order valence-electron chi connectivity index (χ2n) is 5.78. The molecule has 1 unspecified atom stereocenters. The minimum Gasteiger partial charge on any atom is -0.480 e. The highest BCUT2D eigenvalue weighted by Gasteiger charge is 2.28. The molecule has 24 heavy (non-hydrogen) atoms. The fourth-order valence-electron chi connectivity index (χ4n) is 2.19. The first-order chi connectivity index (χ1) is 11.3. The van der Waals surface area contributed by atoms with Crippen LogP contribution in [-0.2, 0) is 16.1 Å². The molecule has 7 heteroatoms. The van der Waals surface area contributed by atoms with Gasteiger partial charge in [0.1, 0.15) is 12.6 Å². The molecule has 7 nitrogen and oxygen atoms in total. The third-order valence-electron chi connectivity index (χ3n) is 3.53. The first kappa shape index (κ1) is 19.5. The molecule has 3 N–H and O–H groups in total. The molecule has 1 atom stereocenters. The van der Waals surface area contributed by atoms with Gasteiger partial charge in [0.2, 0.25) is 5.91 Å². The third kappa shape index (κ3) is 6.28. The molecule has 0 radical (unpaired) electrons. The molecule has 0 aliphatic carbocycles. The Kier molecular flexibility index (Phi) is 7.74. The van der Waals surface area contributed by atoms with E-state index in [0.717, 1.165) is 5.56 Å². The summed E-state index contributed by atoms with van der Waals surface area (Å²) in [6.45, 7) is 5.53. The predicted molar refractivity (Wildman–Crippen MR) is 90.3 cm³/mol. The second-order valence-corrected chi connectivity index (χ2v) is 5.78. The summed E-state index contributed by atoms with van der Waals surface area (Å²) in [7, 11) is 0. The van der Waals surface area contributed by atoms with Crippen LogP contribution in [0, 0.1) is 5.92 Å². The van der Waals surface area contributed by atoms with Crippen molar-refractivity contribution in [2.45, 2.75) is 33.4 Å². The van der Waals surface area contributed by atoms with Gasteiger partial charge in [-0.2, -0.15) is 0 Å². The fourth-order valence-corrected chi connectivity index (χ4v) is 2.19. The number of nitrogens with one attached hydrogen (secondary N) is 2. The zero-order chi connectivity index (χ0) is 18.1. The third-order valence-corrected chi connectivity index (χ3v) is 3.53. The van der Waals surface area contributed by atoms with Crippen molar-refractivity contribution >= 4 is 17.9 Å². The number of aliphatic carboxylic acids is 1. The molecule has 0 saturated carbocycles. The van der Waals surface area contributed by atoms with Gasteiger partial charge in [0.15, 0.2) is 0 Å². The van der Waals surface area contributed by atoms with Crippen LogP contribution in [0.4, 0.5) is 4.79 Å². The number of amides is 3. The monoisotopic (exact) mass is 335 g/mol. The Balaban J connectivity index is 2.65. The zero-order valence-corrected chi connectivity index (χ0v) is 14.3. The van der Waals surface area contributed by atoms with E-state index in [1.807, 2.05) is 30.3 Å². The Morgan fingerprint density at radius 3 is 2.29 bits per heavy atom. The Morgan fingerprint density at radius 2 is 1.79 bits per heavy atom. The molecule has 1 aromatic rings. The van der Waals surface area contributed by atoms with Gasteiger partial charge in [-0.05, 0) is 18.4 Å². The van der Waals surface area contributed by atoms with Crippen molar-refractivity contribution in [3.8, 4) is 0 Å². The summed E-state index contributed by atoms with van der Waals surface area (Å²) in [6.07, 6.45) is 0. The first-order valence-electron chi connectivity index (χ1n) is 7.94. The van der Waals surface area contributed by atoms with Crippen molar-refractivity contribution in [1.82, 2.24) is 15.5 Å². The van der Waals surface area contributed by atoms with E-state index in [-0.39, 0.29) is 19.0 Å². The first-order valence-corrected chi connectivity index (χ1v) is 7.94. The van der Waals surface area contributed by atoms with Gasteiger partial charge >= 0.3 is 12.0 Å². The number of benzene rings is 1. The lowest BCUT2D eigenvalue weighted by molar-refractivity contribution is -0.145. The summed E-state index contributed by atoms with van der Waals surface area (Å²) in [6, 6.07) is 8.17. The van der Waals surface area contributed by atoms with E-state index in [0.29, 0.717) is 6.54 Å². The summed E-state index contributed by atoms with van der Waals surface area (Å²) in [5, 5.41) is 14.2. The number of carboxylic acid groups (broad SMARTS) is 1. The number of urea groups is 1. The van der Waals surface area contributed by atoms with Gasteiger partial charge in [0.25, 0.3) is 0 Å². The Morgan fingerprint density at radius 1 is 1.17 bits per heavy atom. The minimum absolute atomic E-state index is 0.164. The molecule has 0 fully saturated rings. The SMILES string of the molecule is CCN(CC(=O)O)C(=O)C(NC(=O)NCc1ccccc1)C(C)C. The number of rotatable bonds is 8. The van der Waals surface area contributed by atoms with Gasteiger partial charge in [-0.3, -0.25) is 9.59 Å². The number of carbonyl (C=O) groups is 3. The van der Waals surface area contributed by atoms with Crippen LogP contribution in [0.3, 0.4) is 0 Å². The molecule has 0 aliphatic rings. The largest absolute Gasteiger partial charge is 0.480 e. The number of likely N-dealkylation sites (N-methyl/N-ethyl adjacent to an activating group) is 1. The van der Waals surface area contributed by atoms with E-state index in [2.05, 4.69) is 10.6 Å². The Labute approximate surface area is 142 Å². The van der Waals surface area contributed by atoms with Crippen molar-refractivity contribution in [1.29, 1.82) is 0 Å². The number of nitrogens with zero attached hydrogens (tertiary/aromatic N) is 1. The quantitative estimate of drug-likeness (QED) is 0.669. The lowest BCUT2D eigenvalue weighted by Gasteiger charge is -2.28. The molecule has 132 valence electrons. The van der Waals surface area contributed by atoms with Crippen molar-refractivity contribution in [2.75, 3.05) is 13.1 Å². The Bertz CT molecular complexity index is 560. The zero-order valence-electron chi connectivity index (χ0n) is 14.3. The van der Waals surface area contributed by atoms with Gasteiger partial charge in [0.05, 0.1) is 0 Å². The van der Waals surface area contributed by atoms with Gasteiger partial charge in [0, 0.05) is 13.1 Å². The number of carbonyl (C=O) groups excluding carboxylic acids is 2. The van der Waals surface area contributed by atoms with Crippen molar-refractivity contribution < 1.29 is 19.5 Å². The highest BCUT2D eigenvalue weighted by molar-refractivity contribution is 5.89. The second kappa shape index (κ2) is 9.54. The summed E-state index contributed by atoms with van der Waals surface area (Å²) >= 11 is 0. The van der Waals surface area contributed by atoms with Crippen LogP contribution in [0.2, 0.25) is 0 Å². The molecule has 1 aromatic carbocycles. The van der Waals surface area contributed by atoms with E-state index >= 15 is 0 Å². The van der Waals surface area contributed by atoms with Crippen molar-refractivity contribution in [3.63, 3.8) is 0 Å². The standard InChI is InChI=1S/C17H25N3O4/c1-4-20(11-14(21)22)16(23)15(12(2)3)19-17(24)18-10-13-8-6-5-7-9-13/h5-9,12,15H,4,10-11H2,1-3H3,(H,21,22)(H2,18,19,24).